The number of amidine groups is 1. The van der Waals surface area contributed by atoms with Crippen LogP contribution in [0.1, 0.15) is 25.1 Å². The molecule has 0 saturated heterocycles. The van der Waals surface area contributed by atoms with Crippen molar-refractivity contribution in [3.63, 3.8) is 0 Å². The lowest BCUT2D eigenvalue weighted by Gasteiger charge is -2.39. The Morgan fingerprint density at radius 1 is 1.43 bits per heavy atom. The largest absolute Gasteiger partial charge is 0.391 e. The zero-order valence-corrected chi connectivity index (χ0v) is 15.3. The molecule has 2 unspecified atom stereocenters. The maximum Gasteiger partial charge on any atom is 0.391 e. The molecule has 11 heteroatoms. The summed E-state index contributed by atoms with van der Waals surface area (Å²) in [5.74, 6) is -2.10. The topological polar surface area (TPSA) is 72.5 Å². The lowest BCUT2D eigenvalue weighted by molar-refractivity contribution is -0.137. The summed E-state index contributed by atoms with van der Waals surface area (Å²) in [7, 11) is -4.32. The number of sulfone groups is 1. The van der Waals surface area contributed by atoms with E-state index < -0.39 is 50.1 Å². The molecule has 0 aromatic carbocycles. The fourth-order valence-electron chi connectivity index (χ4n) is 2.51. The van der Waals surface area contributed by atoms with E-state index in [1.807, 2.05) is 0 Å². The highest BCUT2D eigenvalue weighted by Crippen LogP contribution is 2.44. The Bertz CT molecular complexity index is 775. The van der Waals surface area contributed by atoms with Gasteiger partial charge in [-0.1, -0.05) is 0 Å². The highest BCUT2D eigenvalue weighted by molar-refractivity contribution is 9.11. The van der Waals surface area contributed by atoms with E-state index in [2.05, 4.69) is 20.9 Å². The normalized spacial score (nSPS) is 31.0. The van der Waals surface area contributed by atoms with Crippen LogP contribution < -0.4 is 5.73 Å². The Morgan fingerprint density at radius 3 is 2.39 bits per heavy atom. The van der Waals surface area contributed by atoms with E-state index in [1.165, 1.54) is 6.92 Å². The second-order valence-electron chi connectivity index (χ2n) is 5.78. The minimum absolute atomic E-state index is 0.00459. The molecular formula is C12H13BrF4N2O2S2. The van der Waals surface area contributed by atoms with Gasteiger partial charge in [-0.3, -0.25) is 4.99 Å². The predicted molar refractivity (Wildman–Crippen MR) is 83.8 cm³/mol. The maximum absolute atomic E-state index is 14.0. The number of hydrogen-bond donors (Lipinski definition) is 1. The van der Waals surface area contributed by atoms with Crippen LogP contribution in [0.4, 0.5) is 17.6 Å². The molecule has 0 amide bonds. The van der Waals surface area contributed by atoms with Gasteiger partial charge in [0.1, 0.15) is 21.9 Å². The fourth-order valence-corrected chi connectivity index (χ4v) is 6.16. The molecule has 0 aliphatic carbocycles. The average Bonchev–Trinajstić information content (AvgIpc) is 2.64. The number of thiophene rings is 1. The van der Waals surface area contributed by atoms with Crippen LogP contribution in [0.25, 0.3) is 0 Å². The minimum Gasteiger partial charge on any atom is -0.386 e. The van der Waals surface area contributed by atoms with Crippen molar-refractivity contribution in [1.29, 1.82) is 0 Å². The number of nitrogens with two attached hydrogens (primary N) is 1. The summed E-state index contributed by atoms with van der Waals surface area (Å²) in [5, 5.41) is 0. The quantitative estimate of drug-likeness (QED) is 0.722. The molecule has 130 valence electrons. The van der Waals surface area contributed by atoms with Crippen molar-refractivity contribution in [3.8, 4) is 0 Å². The average molecular weight is 437 g/mol. The summed E-state index contributed by atoms with van der Waals surface area (Å²) in [4.78, 5) is 3.96. The molecule has 0 spiro atoms. The van der Waals surface area contributed by atoms with Crippen molar-refractivity contribution in [3.05, 3.63) is 20.5 Å². The van der Waals surface area contributed by atoms with Gasteiger partial charge in [-0.05, 0) is 35.8 Å². The molecule has 4 nitrogen and oxygen atoms in total. The van der Waals surface area contributed by atoms with Gasteiger partial charge in [0, 0.05) is 0 Å². The summed E-state index contributed by atoms with van der Waals surface area (Å²) < 4.78 is 75.3. The molecule has 0 radical (unpaired) electrons. The van der Waals surface area contributed by atoms with Crippen molar-refractivity contribution in [2.75, 3.05) is 5.75 Å². The van der Waals surface area contributed by atoms with Crippen LogP contribution in [0, 0.1) is 5.82 Å². The summed E-state index contributed by atoms with van der Waals surface area (Å²) >= 11 is 4.01. The highest BCUT2D eigenvalue weighted by atomic mass is 79.9. The van der Waals surface area contributed by atoms with Gasteiger partial charge in [-0.25, -0.2) is 12.8 Å². The lowest BCUT2D eigenvalue weighted by atomic mass is 9.99. The van der Waals surface area contributed by atoms with Crippen LogP contribution in [0.5, 0.6) is 0 Å². The summed E-state index contributed by atoms with van der Waals surface area (Å²) in [6, 6.07) is 1.15. The first-order chi connectivity index (χ1) is 10.2. The second-order valence-corrected chi connectivity index (χ2v) is 10.6. The number of alkyl halides is 3. The van der Waals surface area contributed by atoms with E-state index in [-0.39, 0.29) is 4.88 Å². The molecule has 2 N–H and O–H groups in total. The first-order valence-electron chi connectivity index (χ1n) is 6.30. The zero-order chi connectivity index (χ0) is 17.8. The molecule has 1 aromatic heterocycles. The third-order valence-corrected chi connectivity index (χ3v) is 8.28. The Morgan fingerprint density at radius 2 is 2.00 bits per heavy atom. The smallest absolute Gasteiger partial charge is 0.386 e. The van der Waals surface area contributed by atoms with Crippen LogP contribution in [-0.2, 0) is 15.4 Å². The Balaban J connectivity index is 2.60. The molecule has 0 bridgehead atoms. The third kappa shape index (κ3) is 3.27. The molecule has 23 heavy (non-hydrogen) atoms. The van der Waals surface area contributed by atoms with Gasteiger partial charge < -0.3 is 5.73 Å². The molecule has 0 saturated carbocycles. The number of aliphatic imine (C=N–C) groups is 1. The fraction of sp³-hybridized carbons (Fsp3) is 0.583. The summed E-state index contributed by atoms with van der Waals surface area (Å²) in [6.07, 6.45) is -6.36. The second kappa shape index (κ2) is 5.41. The molecular weight excluding hydrogens is 424 g/mol. The van der Waals surface area contributed by atoms with Crippen LogP contribution in [0.2, 0.25) is 0 Å². The minimum atomic E-state index is -4.73. The predicted octanol–water partition coefficient (Wildman–Crippen LogP) is 3.36. The molecule has 0 fully saturated rings. The summed E-state index contributed by atoms with van der Waals surface area (Å²) in [6.45, 7) is 2.24. The highest BCUT2D eigenvalue weighted by Gasteiger charge is 2.56. The van der Waals surface area contributed by atoms with Gasteiger partial charge in [0.25, 0.3) is 0 Å². The van der Waals surface area contributed by atoms with E-state index >= 15 is 0 Å². The first kappa shape index (κ1) is 18.7. The third-order valence-electron chi connectivity index (χ3n) is 3.75. The summed E-state index contributed by atoms with van der Waals surface area (Å²) in [5.41, 5.74) is 4.05. The number of nitrogens with zero attached hydrogens (tertiary/aromatic N) is 1. The molecule has 2 atom stereocenters. The van der Waals surface area contributed by atoms with E-state index in [4.69, 9.17) is 5.73 Å². The Hall–Kier alpha value is -0.680. The van der Waals surface area contributed by atoms with Crippen molar-refractivity contribution in [1.82, 2.24) is 0 Å². The van der Waals surface area contributed by atoms with Crippen LogP contribution >= 0.6 is 27.3 Å². The van der Waals surface area contributed by atoms with E-state index in [1.54, 1.807) is 0 Å². The maximum atomic E-state index is 14.0. The van der Waals surface area contributed by atoms with Crippen molar-refractivity contribution in [2.45, 2.75) is 36.7 Å². The molecule has 1 aliphatic rings. The standard InChI is InChI=1S/C12H13BrF4N2O2S2/c1-10(8-6(14)3-7(13)22-8)5-23(20,21)11(2,9(18)19-10)4-12(15,16)17/h3H,4-5H2,1-2H3,(H2,18,19). The van der Waals surface area contributed by atoms with Crippen molar-refractivity contribution in [2.24, 2.45) is 10.7 Å². The lowest BCUT2D eigenvalue weighted by Crippen LogP contribution is -2.58. The van der Waals surface area contributed by atoms with Crippen molar-refractivity contribution < 1.29 is 26.0 Å². The molecule has 1 aromatic rings. The SMILES string of the molecule is CC1(c2sc(Br)cc2F)CS(=O)(=O)C(C)(CC(F)(F)F)C(N)=N1. The number of hydrogen-bond acceptors (Lipinski definition) is 5. The number of rotatable bonds is 2. The van der Waals surface area contributed by atoms with Crippen LogP contribution in [0.15, 0.2) is 14.8 Å². The molecule has 2 rings (SSSR count). The molecule has 2 heterocycles. The Labute approximate surface area is 142 Å². The van der Waals surface area contributed by atoms with Crippen LogP contribution in [-0.4, -0.2) is 30.9 Å². The van der Waals surface area contributed by atoms with Gasteiger partial charge in [0.05, 0.1) is 20.8 Å². The number of halogens is 5. The van der Waals surface area contributed by atoms with Crippen molar-refractivity contribution >= 4 is 42.9 Å². The zero-order valence-electron chi connectivity index (χ0n) is 12.0. The van der Waals surface area contributed by atoms with Gasteiger partial charge in [0.15, 0.2) is 9.84 Å². The van der Waals surface area contributed by atoms with E-state index in [9.17, 15) is 26.0 Å². The van der Waals surface area contributed by atoms with Gasteiger partial charge >= 0.3 is 6.18 Å². The van der Waals surface area contributed by atoms with E-state index in [0.29, 0.717) is 3.79 Å². The first-order valence-corrected chi connectivity index (χ1v) is 9.56. The van der Waals surface area contributed by atoms with Gasteiger partial charge in [-0.15, -0.1) is 11.3 Å². The van der Waals surface area contributed by atoms with Gasteiger partial charge in [-0.2, -0.15) is 13.2 Å². The Kier molecular flexibility index (Phi) is 4.39. The van der Waals surface area contributed by atoms with Gasteiger partial charge in [0.2, 0.25) is 0 Å². The molecule has 1 aliphatic heterocycles. The van der Waals surface area contributed by atoms with E-state index in [0.717, 1.165) is 24.3 Å². The monoisotopic (exact) mass is 436 g/mol. The van der Waals surface area contributed by atoms with Crippen LogP contribution in [0.3, 0.4) is 0 Å².